The van der Waals surface area contributed by atoms with E-state index in [1.54, 1.807) is 0 Å². The monoisotopic (exact) mass is 1250 g/mol. The first kappa shape index (κ1) is 38.5. The minimum absolute atomic E-state index is 0.493. The number of benzene rings is 4. The Labute approximate surface area is 336 Å². The van der Waals surface area contributed by atoms with Gasteiger partial charge in [-0.25, -0.2) is 0 Å². The number of fused-ring (bicyclic) bond motifs is 1. The number of phenolic OH excluding ortho intramolecular Hbond substituents is 2. The van der Waals surface area contributed by atoms with E-state index in [0.29, 0.717) is 25.9 Å². The summed E-state index contributed by atoms with van der Waals surface area (Å²) < 4.78 is 4.44. The zero-order chi connectivity index (χ0) is 32.3. The Hall–Kier alpha value is 0.710. The Morgan fingerprint density at radius 2 is 0.978 bits per heavy atom. The summed E-state index contributed by atoms with van der Waals surface area (Å²) in [5, 5.41) is 23.3. The maximum atomic E-state index is 10.8. The van der Waals surface area contributed by atoms with E-state index in [2.05, 4.69) is 128 Å². The third-order valence-electron chi connectivity index (χ3n) is 7.61. The van der Waals surface area contributed by atoms with Crippen molar-refractivity contribution in [1.29, 1.82) is 0 Å². The molecule has 0 radical (unpaired) electrons. The van der Waals surface area contributed by atoms with Gasteiger partial charge < -0.3 is 0 Å². The second-order valence-electron chi connectivity index (χ2n) is 11.1. The van der Waals surface area contributed by atoms with Gasteiger partial charge in [-0.1, -0.05) is 12.1 Å². The summed E-state index contributed by atoms with van der Waals surface area (Å²) >= 11 is 8.43. The first-order valence-electron chi connectivity index (χ1n) is 14.9. The molecule has 9 heteroatoms. The van der Waals surface area contributed by atoms with Gasteiger partial charge in [0.2, 0.25) is 0 Å². The number of rotatable bonds is 4. The molecule has 1 heterocycles. The zero-order valence-electron chi connectivity index (χ0n) is 25.0. The molecule has 1 aliphatic carbocycles. The van der Waals surface area contributed by atoms with Crippen molar-refractivity contribution in [2.45, 2.75) is 60.5 Å². The van der Waals surface area contributed by atoms with Crippen LogP contribution in [0.3, 0.4) is 0 Å². The van der Waals surface area contributed by atoms with Crippen molar-refractivity contribution >= 4 is 105 Å². The quantitative estimate of drug-likeness (QED) is 0.121. The maximum absolute atomic E-state index is 10.8. The topological polar surface area (TPSA) is 40.5 Å². The molecule has 4 atom stereocenters. The molecule has 4 aromatic carbocycles. The van der Waals surface area contributed by atoms with Gasteiger partial charge in [0.15, 0.2) is 0 Å². The number of halogens is 4. The van der Waals surface area contributed by atoms with Crippen LogP contribution in [0.5, 0.6) is 11.5 Å². The summed E-state index contributed by atoms with van der Waals surface area (Å²) in [6, 6.07) is 28.3. The van der Waals surface area contributed by atoms with Gasteiger partial charge in [0, 0.05) is 0 Å². The Morgan fingerprint density at radius 1 is 0.600 bits per heavy atom. The SMILES string of the molecule is Oc1c(I)cc(I)cc1C[S]1=[Hf]=[S](Cc2cc(I)cc(I)c2O)[C@H]2CCCCCC[C@@H]21.[CH2-]c1ccccc1.[CH2-]c1ccccc1. The van der Waals surface area contributed by atoms with E-state index in [9.17, 15) is 10.2 Å². The Balaban J connectivity index is 0.000000269. The van der Waals surface area contributed by atoms with Crippen LogP contribution in [0.4, 0.5) is 0 Å². The average molecular weight is 1250 g/mol. The minimum atomic E-state index is -0.899. The molecule has 0 saturated heterocycles. The van der Waals surface area contributed by atoms with E-state index in [-0.39, 0.29) is 0 Å². The third-order valence-corrected chi connectivity index (χ3v) is 39.7. The smallest absolute Gasteiger partial charge is 0.0866 e. The van der Waals surface area contributed by atoms with E-state index < -0.39 is 18.9 Å². The van der Waals surface area contributed by atoms with Crippen molar-refractivity contribution < 1.29 is 29.1 Å². The summed E-state index contributed by atoms with van der Waals surface area (Å²) in [7, 11) is 0.987. The van der Waals surface area contributed by atoms with Gasteiger partial charge in [0.05, 0.1) is 0 Å². The second kappa shape index (κ2) is 19.8. The molecule has 6 rings (SSSR count). The van der Waals surface area contributed by atoms with Gasteiger partial charge in [-0.15, -0.1) is 24.3 Å². The standard InChI is InChI=1S/C22H24I4O2S2.2C7H7.Hf/c23-15-7-13(21(27)17(25)9-15)11-29-19-5-3-1-2-4-6-20(19)30-12-14-8-16(24)10-18(26)22(14)28;2*1-7-5-3-2-4-6-7;/h7-10,19-20,27-28H,1-6,11-12H2;2*2-6H,1H2;/q;2*-1;/t19-,20-;;;/m0.../s1. The molecular formula is C36H38HfI4O2S2-2. The molecular weight excluding hydrogens is 1210 g/mol. The van der Waals surface area contributed by atoms with Crippen molar-refractivity contribution in [3.05, 3.63) is 135 Å². The molecule has 0 spiro atoms. The molecule has 0 aromatic heterocycles. The third kappa shape index (κ3) is 12.2. The normalized spacial score (nSPS) is 20.4. The van der Waals surface area contributed by atoms with Crippen LogP contribution in [0.1, 0.15) is 60.8 Å². The van der Waals surface area contributed by atoms with Crippen molar-refractivity contribution in [3.8, 4) is 11.5 Å². The van der Waals surface area contributed by atoms with E-state index in [1.807, 2.05) is 60.7 Å². The van der Waals surface area contributed by atoms with E-state index in [1.165, 1.54) is 56.8 Å². The molecule has 2 unspecified atom stereocenters. The summed E-state index contributed by atoms with van der Waals surface area (Å²) in [6.45, 7) is 7.44. The van der Waals surface area contributed by atoms with E-state index >= 15 is 0 Å². The Kier molecular flexibility index (Phi) is 16.9. The summed E-state index contributed by atoms with van der Waals surface area (Å²) in [4.78, 5) is 0. The predicted molar refractivity (Wildman–Crippen MR) is 227 cm³/mol. The molecule has 45 heavy (non-hydrogen) atoms. The summed E-state index contributed by atoms with van der Waals surface area (Å²) in [5.41, 5.74) is 4.51. The van der Waals surface area contributed by atoms with Crippen LogP contribution in [0.25, 0.3) is 0 Å². The molecule has 2 nitrogen and oxygen atoms in total. The number of aromatic hydroxyl groups is 2. The van der Waals surface area contributed by atoms with Gasteiger partial charge >= 0.3 is 256 Å². The molecule has 0 bridgehead atoms. The largest absolute Gasteiger partial charge is 0.199 e. The van der Waals surface area contributed by atoms with Crippen LogP contribution in [-0.2, 0) is 30.4 Å². The molecule has 2 N–H and O–H groups in total. The number of phenols is 2. The van der Waals surface area contributed by atoms with Crippen molar-refractivity contribution in [3.63, 3.8) is 0 Å². The van der Waals surface area contributed by atoms with Crippen LogP contribution >= 0.6 is 105 Å². The van der Waals surface area contributed by atoms with Crippen LogP contribution in [0.2, 0.25) is 0 Å². The fourth-order valence-corrected chi connectivity index (χ4v) is 48.3. The maximum Gasteiger partial charge on any atom is -0.0866 e. The number of hydrogen-bond donors (Lipinski definition) is 2. The van der Waals surface area contributed by atoms with Gasteiger partial charge in [0.25, 0.3) is 0 Å². The van der Waals surface area contributed by atoms with E-state index in [4.69, 9.17) is 0 Å². The minimum Gasteiger partial charge on any atom is -0.199 e. The predicted octanol–water partition coefficient (Wildman–Crippen LogP) is 12.5. The number of hydrogen-bond acceptors (Lipinski definition) is 2. The molecule has 1 saturated carbocycles. The molecule has 4 aromatic rings. The second-order valence-corrected chi connectivity index (χ2v) is 36.7. The fraction of sp³-hybridized carbons (Fsp3) is 0.278. The average Bonchev–Trinajstić information content (AvgIpc) is 3.29. The molecule has 240 valence electrons. The summed E-state index contributed by atoms with van der Waals surface area (Å²) in [6.07, 6.45) is 8.33. The van der Waals surface area contributed by atoms with Gasteiger partial charge in [-0.05, 0) is 0 Å². The first-order chi connectivity index (χ1) is 21.6. The van der Waals surface area contributed by atoms with Crippen molar-refractivity contribution in [2.75, 3.05) is 0 Å². The van der Waals surface area contributed by atoms with Crippen molar-refractivity contribution in [2.24, 2.45) is 0 Å². The van der Waals surface area contributed by atoms with Gasteiger partial charge in [-0.2, -0.15) is 49.2 Å². The van der Waals surface area contributed by atoms with Crippen molar-refractivity contribution in [1.82, 2.24) is 0 Å². The first-order valence-corrected chi connectivity index (χ1v) is 30.9. The van der Waals surface area contributed by atoms with Crippen LogP contribution < -0.4 is 0 Å². The molecule has 1 aliphatic heterocycles. The fourth-order valence-electron chi connectivity index (χ4n) is 5.35. The molecule has 0 amide bonds. The van der Waals surface area contributed by atoms with Crippen LogP contribution in [0, 0.1) is 28.1 Å². The van der Waals surface area contributed by atoms with Crippen LogP contribution in [0.15, 0.2) is 84.9 Å². The van der Waals surface area contributed by atoms with Gasteiger partial charge in [0.1, 0.15) is 0 Å². The van der Waals surface area contributed by atoms with Gasteiger partial charge in [-0.3, -0.25) is 0 Å². The summed E-state index contributed by atoms with van der Waals surface area (Å²) in [5.74, 6) is 3.25. The Bertz CT molecular complexity index is 1530. The zero-order valence-corrected chi connectivity index (χ0v) is 38.9. The molecule has 1 fully saturated rings. The Morgan fingerprint density at radius 3 is 1.31 bits per heavy atom. The molecule has 2 aliphatic rings. The van der Waals surface area contributed by atoms with Crippen LogP contribution in [-0.4, -0.2) is 20.7 Å². The van der Waals surface area contributed by atoms with E-state index in [0.717, 1.165) is 40.3 Å².